The molecule has 1 aromatic rings. The lowest BCUT2D eigenvalue weighted by molar-refractivity contribution is -0.138. The van der Waals surface area contributed by atoms with Gasteiger partial charge in [0.25, 0.3) is 0 Å². The predicted molar refractivity (Wildman–Crippen MR) is 61.0 cm³/mol. The summed E-state index contributed by atoms with van der Waals surface area (Å²) < 4.78 is 38.7. The van der Waals surface area contributed by atoms with Crippen molar-refractivity contribution in [3.8, 4) is 0 Å². The smallest absolute Gasteiger partial charge is 0.327 e. The highest BCUT2D eigenvalue weighted by molar-refractivity contribution is 6.30. The van der Waals surface area contributed by atoms with Crippen LogP contribution < -0.4 is 5.73 Å². The minimum atomic E-state index is -4.39. The summed E-state index contributed by atoms with van der Waals surface area (Å²) in [6.07, 6.45) is -4.39. The maximum atomic E-state index is 12.9. The van der Waals surface area contributed by atoms with Crippen LogP contribution in [0.2, 0.25) is 5.02 Å². The molecule has 1 fully saturated rings. The molecule has 0 bridgehead atoms. The normalized spacial score (nSPS) is 27.0. The summed E-state index contributed by atoms with van der Waals surface area (Å²) >= 11 is 5.62. The fourth-order valence-corrected chi connectivity index (χ4v) is 2.49. The molecule has 0 amide bonds. The van der Waals surface area contributed by atoms with Crippen LogP contribution in [0, 0.1) is 5.41 Å². The Morgan fingerprint density at radius 1 is 1.29 bits per heavy atom. The van der Waals surface area contributed by atoms with E-state index in [0.717, 1.165) is 6.07 Å². The molecule has 0 heterocycles. The monoisotopic (exact) mass is 263 g/mol. The fraction of sp³-hybridized carbons (Fsp3) is 0.500. The van der Waals surface area contributed by atoms with Crippen molar-refractivity contribution in [1.29, 1.82) is 0 Å². The lowest BCUT2D eigenvalue weighted by Crippen LogP contribution is -2.11. The molecule has 1 aromatic carbocycles. The average molecular weight is 264 g/mol. The molecule has 2 unspecified atom stereocenters. The second kappa shape index (κ2) is 3.62. The van der Waals surface area contributed by atoms with Crippen LogP contribution in [0.15, 0.2) is 18.2 Å². The summed E-state index contributed by atoms with van der Waals surface area (Å²) in [5.41, 5.74) is 5.12. The third-order valence-electron chi connectivity index (χ3n) is 3.57. The third kappa shape index (κ3) is 2.04. The molecule has 1 aliphatic rings. The van der Waals surface area contributed by atoms with Gasteiger partial charge >= 0.3 is 6.18 Å². The number of halogens is 4. The van der Waals surface area contributed by atoms with E-state index in [1.807, 2.05) is 13.8 Å². The van der Waals surface area contributed by atoms with Crippen molar-refractivity contribution in [2.45, 2.75) is 32.0 Å². The molecule has 2 atom stereocenters. The van der Waals surface area contributed by atoms with Crippen molar-refractivity contribution in [3.63, 3.8) is 0 Å². The van der Waals surface area contributed by atoms with E-state index in [-0.39, 0.29) is 28.0 Å². The first kappa shape index (κ1) is 12.7. The van der Waals surface area contributed by atoms with E-state index in [2.05, 4.69) is 0 Å². The highest BCUT2D eigenvalue weighted by atomic mass is 35.5. The van der Waals surface area contributed by atoms with Crippen LogP contribution in [0.3, 0.4) is 0 Å². The Hall–Kier alpha value is -0.740. The van der Waals surface area contributed by atoms with Gasteiger partial charge in [0, 0.05) is 17.0 Å². The first-order valence-corrected chi connectivity index (χ1v) is 5.65. The van der Waals surface area contributed by atoms with Crippen molar-refractivity contribution in [2.24, 2.45) is 11.1 Å². The highest BCUT2D eigenvalue weighted by Gasteiger charge is 2.58. The topological polar surface area (TPSA) is 26.0 Å². The number of nitrogens with two attached hydrogens (primary N) is 1. The van der Waals surface area contributed by atoms with E-state index in [1.54, 1.807) is 0 Å². The quantitative estimate of drug-likeness (QED) is 0.819. The molecular formula is C12H13ClF3N. The van der Waals surface area contributed by atoms with Crippen LogP contribution in [-0.4, -0.2) is 6.04 Å². The lowest BCUT2D eigenvalue weighted by atomic mass is 9.98. The fourth-order valence-electron chi connectivity index (χ4n) is 2.32. The van der Waals surface area contributed by atoms with Gasteiger partial charge in [0.15, 0.2) is 0 Å². The zero-order valence-corrected chi connectivity index (χ0v) is 10.2. The summed E-state index contributed by atoms with van der Waals surface area (Å²) in [5, 5.41) is 0.0908. The van der Waals surface area contributed by atoms with Gasteiger partial charge in [0.2, 0.25) is 0 Å². The molecule has 0 radical (unpaired) electrons. The van der Waals surface area contributed by atoms with E-state index in [0.29, 0.717) is 0 Å². The van der Waals surface area contributed by atoms with Crippen molar-refractivity contribution >= 4 is 11.6 Å². The van der Waals surface area contributed by atoms with Gasteiger partial charge in [-0.2, -0.15) is 13.2 Å². The highest BCUT2D eigenvalue weighted by Crippen LogP contribution is 2.59. The molecule has 0 spiro atoms. The molecule has 94 valence electrons. The standard InChI is InChI=1S/C12H13ClF3N/c1-11(2)9(10(11)17)7-4-3-6(13)5-8(7)12(14,15)16/h3-5,9-10H,17H2,1-2H3. The summed E-state index contributed by atoms with van der Waals surface area (Å²) in [7, 11) is 0. The van der Waals surface area contributed by atoms with E-state index >= 15 is 0 Å². The van der Waals surface area contributed by atoms with E-state index in [1.165, 1.54) is 12.1 Å². The first-order chi connectivity index (χ1) is 7.65. The van der Waals surface area contributed by atoms with Gasteiger partial charge < -0.3 is 5.73 Å². The summed E-state index contributed by atoms with van der Waals surface area (Å²) in [4.78, 5) is 0. The SMILES string of the molecule is CC1(C)C(N)C1c1ccc(Cl)cc1C(F)(F)F. The number of alkyl halides is 3. The molecule has 1 aliphatic carbocycles. The maximum Gasteiger partial charge on any atom is 0.416 e. The Balaban J connectivity index is 2.49. The van der Waals surface area contributed by atoms with Crippen LogP contribution in [0.25, 0.3) is 0 Å². The second-order valence-corrected chi connectivity index (χ2v) is 5.49. The first-order valence-electron chi connectivity index (χ1n) is 5.28. The number of hydrogen-bond acceptors (Lipinski definition) is 1. The van der Waals surface area contributed by atoms with Gasteiger partial charge in [-0.1, -0.05) is 31.5 Å². The Labute approximate surface area is 103 Å². The summed E-state index contributed by atoms with van der Waals surface area (Å²) in [6.45, 7) is 3.74. The Bertz CT molecular complexity index is 454. The van der Waals surface area contributed by atoms with Crippen LogP contribution in [-0.2, 0) is 6.18 Å². The third-order valence-corrected chi connectivity index (χ3v) is 3.80. The van der Waals surface area contributed by atoms with Crippen LogP contribution in [0.5, 0.6) is 0 Å². The summed E-state index contributed by atoms with van der Waals surface area (Å²) in [5.74, 6) is -0.253. The van der Waals surface area contributed by atoms with Crippen molar-refractivity contribution in [2.75, 3.05) is 0 Å². The Morgan fingerprint density at radius 2 is 1.82 bits per heavy atom. The molecule has 2 rings (SSSR count). The average Bonchev–Trinajstić information content (AvgIpc) is 2.65. The minimum absolute atomic E-state index is 0.0908. The molecule has 5 heteroatoms. The molecule has 1 saturated carbocycles. The van der Waals surface area contributed by atoms with Crippen molar-refractivity contribution in [3.05, 3.63) is 34.3 Å². The molecule has 17 heavy (non-hydrogen) atoms. The van der Waals surface area contributed by atoms with Crippen molar-refractivity contribution < 1.29 is 13.2 Å². The molecule has 2 N–H and O–H groups in total. The Morgan fingerprint density at radius 3 is 2.24 bits per heavy atom. The predicted octanol–water partition coefficient (Wildman–Crippen LogP) is 3.81. The molecule has 0 saturated heterocycles. The van der Waals surface area contributed by atoms with Gasteiger partial charge in [-0.05, 0) is 23.1 Å². The van der Waals surface area contributed by atoms with Gasteiger partial charge in [-0.15, -0.1) is 0 Å². The van der Waals surface area contributed by atoms with Gasteiger partial charge in [0.1, 0.15) is 0 Å². The van der Waals surface area contributed by atoms with E-state index < -0.39 is 11.7 Å². The van der Waals surface area contributed by atoms with Gasteiger partial charge in [-0.25, -0.2) is 0 Å². The molecule has 1 nitrogen and oxygen atoms in total. The Kier molecular flexibility index (Phi) is 2.71. The second-order valence-electron chi connectivity index (χ2n) is 5.05. The van der Waals surface area contributed by atoms with E-state index in [9.17, 15) is 13.2 Å². The van der Waals surface area contributed by atoms with Crippen LogP contribution in [0.4, 0.5) is 13.2 Å². The zero-order chi connectivity index (χ0) is 13.0. The molecular weight excluding hydrogens is 251 g/mol. The molecule has 0 aromatic heterocycles. The van der Waals surface area contributed by atoms with Crippen molar-refractivity contribution in [1.82, 2.24) is 0 Å². The van der Waals surface area contributed by atoms with E-state index in [4.69, 9.17) is 17.3 Å². The summed E-state index contributed by atoms with van der Waals surface area (Å²) in [6, 6.07) is 3.65. The number of benzene rings is 1. The van der Waals surface area contributed by atoms with Gasteiger partial charge in [-0.3, -0.25) is 0 Å². The van der Waals surface area contributed by atoms with Crippen LogP contribution >= 0.6 is 11.6 Å². The lowest BCUT2D eigenvalue weighted by Gasteiger charge is -2.14. The number of rotatable bonds is 1. The maximum absolute atomic E-state index is 12.9. The van der Waals surface area contributed by atoms with Crippen LogP contribution in [0.1, 0.15) is 30.9 Å². The zero-order valence-electron chi connectivity index (χ0n) is 9.48. The number of hydrogen-bond donors (Lipinski definition) is 1. The molecule has 0 aliphatic heterocycles. The largest absolute Gasteiger partial charge is 0.416 e. The minimum Gasteiger partial charge on any atom is -0.327 e. The van der Waals surface area contributed by atoms with Gasteiger partial charge in [0.05, 0.1) is 5.56 Å².